The van der Waals surface area contributed by atoms with Gasteiger partial charge in [0, 0.05) is 35.7 Å². The molecule has 6 nitrogen and oxygen atoms in total. The lowest BCUT2D eigenvalue weighted by molar-refractivity contribution is 0.174. The molecule has 0 fully saturated rings. The monoisotopic (exact) mass is 451 g/mol. The summed E-state index contributed by atoms with van der Waals surface area (Å²) in [6.45, 7) is 2.67. The van der Waals surface area contributed by atoms with E-state index in [9.17, 15) is 4.39 Å². The van der Waals surface area contributed by atoms with Crippen LogP contribution in [0.4, 0.5) is 15.9 Å². The van der Waals surface area contributed by atoms with Crippen molar-refractivity contribution < 1.29 is 9.13 Å². The molecule has 0 aliphatic carbocycles. The minimum absolute atomic E-state index is 0.270. The maximum atomic E-state index is 13.8. The van der Waals surface area contributed by atoms with Gasteiger partial charge in [0.25, 0.3) is 0 Å². The predicted molar refractivity (Wildman–Crippen MR) is 127 cm³/mol. The van der Waals surface area contributed by atoms with Gasteiger partial charge < -0.3 is 10.1 Å². The lowest BCUT2D eigenvalue weighted by Gasteiger charge is -2.07. The molecule has 0 aliphatic rings. The van der Waals surface area contributed by atoms with E-state index in [1.807, 2.05) is 55.0 Å². The minimum atomic E-state index is -0.270. The van der Waals surface area contributed by atoms with Crippen molar-refractivity contribution in [1.82, 2.24) is 14.4 Å². The van der Waals surface area contributed by atoms with E-state index in [2.05, 4.69) is 20.3 Å². The Bertz CT molecular complexity index is 1250. The normalized spacial score (nSPS) is 11.8. The summed E-state index contributed by atoms with van der Waals surface area (Å²) in [6, 6.07) is 12.5. The Labute approximate surface area is 190 Å². The molecule has 0 atom stereocenters. The van der Waals surface area contributed by atoms with Crippen LogP contribution in [0.1, 0.15) is 12.5 Å². The summed E-state index contributed by atoms with van der Waals surface area (Å²) in [5, 5.41) is 3.57. The van der Waals surface area contributed by atoms with Gasteiger partial charge in [0.15, 0.2) is 11.5 Å². The molecule has 0 spiro atoms. The van der Waals surface area contributed by atoms with Crippen LogP contribution in [0.5, 0.6) is 0 Å². The summed E-state index contributed by atoms with van der Waals surface area (Å²) in [6.07, 6.45) is 5.92. The van der Waals surface area contributed by atoms with Crippen molar-refractivity contribution in [3.8, 4) is 11.3 Å². The number of nitrogens with zero attached hydrogens (tertiary/aromatic N) is 4. The molecular weight excluding hydrogens is 429 g/mol. The first kappa shape index (κ1) is 21.9. The average molecular weight is 452 g/mol. The number of hydrogen-bond donors (Lipinski definition) is 1. The largest absolute Gasteiger partial charge is 0.375 e. The maximum Gasteiger partial charge on any atom is 0.180 e. The molecule has 4 rings (SSSR count). The van der Waals surface area contributed by atoms with Gasteiger partial charge in [-0.05, 0) is 49.2 Å². The fraction of sp³-hybridized carbons (Fsp3) is 0.208. The molecule has 4 aromatic rings. The zero-order chi connectivity index (χ0) is 22.5. The van der Waals surface area contributed by atoms with E-state index in [0.717, 1.165) is 34.1 Å². The van der Waals surface area contributed by atoms with Crippen molar-refractivity contribution in [2.75, 3.05) is 25.6 Å². The number of aromatic nitrogens is 3. The third-order valence-electron chi connectivity index (χ3n) is 4.98. The Kier molecular flexibility index (Phi) is 6.78. The van der Waals surface area contributed by atoms with Crippen molar-refractivity contribution >= 4 is 34.5 Å². The molecule has 0 radical (unpaired) electrons. The van der Waals surface area contributed by atoms with Crippen LogP contribution in [0, 0.1) is 5.82 Å². The van der Waals surface area contributed by atoms with E-state index < -0.39 is 0 Å². The molecule has 0 unspecified atom stereocenters. The fourth-order valence-corrected chi connectivity index (χ4v) is 3.60. The number of benzene rings is 2. The number of nitrogens with one attached hydrogen (secondary N) is 1. The van der Waals surface area contributed by atoms with Gasteiger partial charge in [0.1, 0.15) is 5.82 Å². The second-order valence-corrected chi connectivity index (χ2v) is 7.73. The van der Waals surface area contributed by atoms with E-state index in [4.69, 9.17) is 16.3 Å². The SMILES string of the molecule is CNc1nccn2c(-c3ccc(N=C(C)COCCc4cc(Cl)ccc4F)cc3)cnc12. The van der Waals surface area contributed by atoms with Gasteiger partial charge in [-0.3, -0.25) is 9.39 Å². The molecule has 0 saturated carbocycles. The topological polar surface area (TPSA) is 63.8 Å². The number of hydrogen-bond acceptors (Lipinski definition) is 5. The number of fused-ring (bicyclic) bond motifs is 1. The Morgan fingerprint density at radius 2 is 2.00 bits per heavy atom. The highest BCUT2D eigenvalue weighted by molar-refractivity contribution is 6.30. The number of halogens is 2. The quantitative estimate of drug-likeness (QED) is 0.280. The van der Waals surface area contributed by atoms with Crippen molar-refractivity contribution in [2.24, 2.45) is 4.99 Å². The van der Waals surface area contributed by atoms with E-state index in [-0.39, 0.29) is 5.82 Å². The Hall–Kier alpha value is -3.29. The first-order valence-electron chi connectivity index (χ1n) is 10.2. The van der Waals surface area contributed by atoms with Crippen molar-refractivity contribution in [3.05, 3.63) is 77.5 Å². The van der Waals surface area contributed by atoms with Crippen molar-refractivity contribution in [2.45, 2.75) is 13.3 Å². The van der Waals surface area contributed by atoms with Gasteiger partial charge in [0.2, 0.25) is 0 Å². The number of rotatable bonds is 8. The lowest BCUT2D eigenvalue weighted by Crippen LogP contribution is -2.08. The molecule has 1 N–H and O–H groups in total. The number of aliphatic imine (C=N–C) groups is 1. The van der Waals surface area contributed by atoms with Crippen LogP contribution in [0.2, 0.25) is 5.02 Å². The van der Waals surface area contributed by atoms with E-state index in [0.29, 0.717) is 30.2 Å². The Morgan fingerprint density at radius 3 is 2.78 bits per heavy atom. The second-order valence-electron chi connectivity index (χ2n) is 7.30. The van der Waals surface area contributed by atoms with Crippen LogP contribution in [0.25, 0.3) is 16.9 Å². The molecule has 0 bridgehead atoms. The van der Waals surface area contributed by atoms with E-state index in [1.165, 1.54) is 12.1 Å². The highest BCUT2D eigenvalue weighted by Crippen LogP contribution is 2.25. The first-order valence-corrected chi connectivity index (χ1v) is 10.6. The highest BCUT2D eigenvalue weighted by Gasteiger charge is 2.09. The summed E-state index contributed by atoms with van der Waals surface area (Å²) in [5.41, 5.74) is 5.00. The van der Waals surface area contributed by atoms with Gasteiger partial charge in [0.05, 0.1) is 30.8 Å². The smallest absolute Gasteiger partial charge is 0.180 e. The maximum absolute atomic E-state index is 13.8. The summed E-state index contributed by atoms with van der Waals surface area (Å²) in [7, 11) is 1.82. The van der Waals surface area contributed by atoms with Crippen molar-refractivity contribution in [1.29, 1.82) is 0 Å². The van der Waals surface area contributed by atoms with Gasteiger partial charge in [-0.15, -0.1) is 0 Å². The molecular formula is C24H23ClFN5O. The summed E-state index contributed by atoms with van der Waals surface area (Å²) in [4.78, 5) is 13.4. The summed E-state index contributed by atoms with van der Waals surface area (Å²) in [5.74, 6) is 0.460. The van der Waals surface area contributed by atoms with Crippen LogP contribution < -0.4 is 5.32 Å². The number of ether oxygens (including phenoxy) is 1. The van der Waals surface area contributed by atoms with Crippen LogP contribution >= 0.6 is 11.6 Å². The Morgan fingerprint density at radius 1 is 1.19 bits per heavy atom. The zero-order valence-corrected chi connectivity index (χ0v) is 18.6. The standard InChI is InChI=1S/C24H23ClFN5O/c1-16(15-32-12-9-18-13-19(25)5-8-21(18)26)30-20-6-3-17(4-7-20)22-14-29-24-23(27-2)28-10-11-31(22)24/h3-8,10-11,13-14H,9,12,15H2,1-2H3,(H,27,28). The van der Waals surface area contributed by atoms with Crippen molar-refractivity contribution in [3.63, 3.8) is 0 Å². The van der Waals surface area contributed by atoms with Crippen LogP contribution in [0.15, 0.2) is 66.0 Å². The van der Waals surface area contributed by atoms with Crippen LogP contribution in [-0.2, 0) is 11.2 Å². The average Bonchev–Trinajstić information content (AvgIpc) is 3.24. The molecule has 0 saturated heterocycles. The van der Waals surface area contributed by atoms with E-state index in [1.54, 1.807) is 12.3 Å². The third-order valence-corrected chi connectivity index (χ3v) is 5.22. The molecule has 2 aromatic heterocycles. The number of anilines is 1. The molecule has 0 aliphatic heterocycles. The predicted octanol–water partition coefficient (Wildman–Crippen LogP) is 5.58. The lowest BCUT2D eigenvalue weighted by atomic mass is 10.1. The highest BCUT2D eigenvalue weighted by atomic mass is 35.5. The minimum Gasteiger partial charge on any atom is -0.375 e. The Balaban J connectivity index is 1.37. The second kappa shape index (κ2) is 9.89. The molecule has 8 heteroatoms. The van der Waals surface area contributed by atoms with Gasteiger partial charge in [-0.2, -0.15) is 0 Å². The molecule has 32 heavy (non-hydrogen) atoms. The fourth-order valence-electron chi connectivity index (χ4n) is 3.41. The number of imidazole rings is 1. The summed E-state index contributed by atoms with van der Waals surface area (Å²) >= 11 is 5.92. The zero-order valence-electron chi connectivity index (χ0n) is 17.8. The van der Waals surface area contributed by atoms with E-state index >= 15 is 0 Å². The van der Waals surface area contributed by atoms with Gasteiger partial charge in [-0.25, -0.2) is 14.4 Å². The molecule has 2 heterocycles. The summed E-state index contributed by atoms with van der Waals surface area (Å²) < 4.78 is 21.4. The van der Waals surface area contributed by atoms with Crippen LogP contribution in [0.3, 0.4) is 0 Å². The van der Waals surface area contributed by atoms with Gasteiger partial charge in [-0.1, -0.05) is 23.7 Å². The van der Waals surface area contributed by atoms with Crippen LogP contribution in [-0.4, -0.2) is 40.3 Å². The first-order chi connectivity index (χ1) is 15.5. The third kappa shape index (κ3) is 4.95. The molecule has 0 amide bonds. The molecule has 2 aromatic carbocycles. The van der Waals surface area contributed by atoms with Gasteiger partial charge >= 0.3 is 0 Å². The molecule has 164 valence electrons.